The molecule has 0 spiro atoms. The molecule has 30 heavy (non-hydrogen) atoms. The first-order valence-electron chi connectivity index (χ1n) is 10.0. The predicted molar refractivity (Wildman–Crippen MR) is 120 cm³/mol. The lowest BCUT2D eigenvalue weighted by atomic mass is 10.2. The molecule has 0 aliphatic heterocycles. The Morgan fingerprint density at radius 1 is 1.23 bits per heavy atom. The molecule has 7 nitrogen and oxygen atoms in total. The molecule has 158 valence electrons. The van der Waals surface area contributed by atoms with E-state index in [4.69, 9.17) is 0 Å². The summed E-state index contributed by atoms with van der Waals surface area (Å²) in [4.78, 5) is 45.7. The van der Waals surface area contributed by atoms with Crippen LogP contribution >= 0.6 is 11.3 Å². The number of nitrogens with one attached hydrogen (secondary N) is 1. The van der Waals surface area contributed by atoms with Gasteiger partial charge in [-0.15, -0.1) is 11.3 Å². The number of fused-ring (bicyclic) bond motifs is 1. The molecule has 0 unspecified atom stereocenters. The molecule has 1 aromatic carbocycles. The first-order valence-corrected chi connectivity index (χ1v) is 10.9. The molecule has 0 saturated carbocycles. The average Bonchev–Trinajstić information content (AvgIpc) is 3.16. The van der Waals surface area contributed by atoms with E-state index in [1.54, 1.807) is 0 Å². The minimum absolute atomic E-state index is 0.0656. The Morgan fingerprint density at radius 2 is 2.00 bits per heavy atom. The average molecular weight is 427 g/mol. The SMILES string of the molecule is CCCN(CC(=O)Nc1ccccc1C)C(=O)Cn1cnc2sc(CC)cc2c1=O. The number of para-hydroxylation sites is 1. The molecule has 8 heteroatoms. The lowest BCUT2D eigenvalue weighted by molar-refractivity contribution is -0.135. The summed E-state index contributed by atoms with van der Waals surface area (Å²) in [6.07, 6.45) is 2.95. The van der Waals surface area contributed by atoms with E-state index in [1.165, 1.54) is 27.1 Å². The second-order valence-corrected chi connectivity index (χ2v) is 8.26. The van der Waals surface area contributed by atoms with E-state index in [9.17, 15) is 14.4 Å². The van der Waals surface area contributed by atoms with Crippen molar-refractivity contribution in [2.24, 2.45) is 0 Å². The number of nitrogens with zero attached hydrogens (tertiary/aromatic N) is 3. The van der Waals surface area contributed by atoms with Gasteiger partial charge in [-0.1, -0.05) is 32.0 Å². The van der Waals surface area contributed by atoms with Crippen LogP contribution in [0.15, 0.2) is 41.5 Å². The monoisotopic (exact) mass is 426 g/mol. The number of thiophene rings is 1. The third-order valence-corrected chi connectivity index (χ3v) is 6.01. The Morgan fingerprint density at radius 3 is 2.70 bits per heavy atom. The number of anilines is 1. The van der Waals surface area contributed by atoms with E-state index in [0.29, 0.717) is 23.2 Å². The summed E-state index contributed by atoms with van der Waals surface area (Å²) < 4.78 is 1.32. The molecule has 0 atom stereocenters. The fraction of sp³-hybridized carbons (Fsp3) is 0.364. The van der Waals surface area contributed by atoms with E-state index in [1.807, 2.05) is 51.1 Å². The van der Waals surface area contributed by atoms with Crippen LogP contribution in [-0.2, 0) is 22.6 Å². The Bertz CT molecular complexity index is 1120. The zero-order valence-electron chi connectivity index (χ0n) is 17.5. The van der Waals surface area contributed by atoms with Crippen LogP contribution in [0.4, 0.5) is 5.69 Å². The molecule has 0 aliphatic carbocycles. The van der Waals surface area contributed by atoms with Gasteiger partial charge in [-0.3, -0.25) is 19.0 Å². The fourth-order valence-electron chi connectivity index (χ4n) is 3.18. The van der Waals surface area contributed by atoms with Gasteiger partial charge in [0.1, 0.15) is 11.4 Å². The molecule has 3 rings (SSSR count). The summed E-state index contributed by atoms with van der Waals surface area (Å²) in [5.74, 6) is -0.552. The van der Waals surface area contributed by atoms with Crippen molar-refractivity contribution in [1.29, 1.82) is 0 Å². The second-order valence-electron chi connectivity index (χ2n) is 7.14. The topological polar surface area (TPSA) is 84.3 Å². The Balaban J connectivity index is 1.73. The van der Waals surface area contributed by atoms with Gasteiger partial charge in [0.25, 0.3) is 5.56 Å². The van der Waals surface area contributed by atoms with Gasteiger partial charge in [0.05, 0.1) is 18.3 Å². The van der Waals surface area contributed by atoms with Crippen molar-refractivity contribution in [2.45, 2.75) is 40.2 Å². The van der Waals surface area contributed by atoms with E-state index in [-0.39, 0.29) is 30.5 Å². The van der Waals surface area contributed by atoms with Crippen molar-refractivity contribution >= 4 is 39.1 Å². The predicted octanol–water partition coefficient (Wildman–Crippen LogP) is 3.21. The molecule has 3 aromatic rings. The zero-order chi connectivity index (χ0) is 21.7. The van der Waals surface area contributed by atoms with Crippen molar-refractivity contribution in [1.82, 2.24) is 14.5 Å². The third kappa shape index (κ3) is 4.94. The second kappa shape index (κ2) is 9.67. The molecule has 0 aliphatic rings. The number of rotatable bonds is 8. The molecule has 1 N–H and O–H groups in total. The molecule has 0 saturated heterocycles. The van der Waals surface area contributed by atoms with Crippen LogP contribution in [0.1, 0.15) is 30.7 Å². The van der Waals surface area contributed by atoms with E-state index in [0.717, 1.165) is 22.5 Å². The molecule has 0 radical (unpaired) electrons. The summed E-state index contributed by atoms with van der Waals surface area (Å²) in [7, 11) is 0. The smallest absolute Gasteiger partial charge is 0.262 e. The Hall–Kier alpha value is -3.00. The molecule has 2 amide bonds. The van der Waals surface area contributed by atoms with Crippen molar-refractivity contribution < 1.29 is 9.59 Å². The van der Waals surface area contributed by atoms with E-state index >= 15 is 0 Å². The highest BCUT2D eigenvalue weighted by atomic mass is 32.1. The van der Waals surface area contributed by atoms with Crippen molar-refractivity contribution in [2.75, 3.05) is 18.4 Å². The van der Waals surface area contributed by atoms with Crippen LogP contribution in [-0.4, -0.2) is 39.4 Å². The number of amides is 2. The van der Waals surface area contributed by atoms with Gasteiger partial charge in [-0.25, -0.2) is 4.98 Å². The van der Waals surface area contributed by atoms with Gasteiger partial charge >= 0.3 is 0 Å². The highest BCUT2D eigenvalue weighted by molar-refractivity contribution is 7.18. The van der Waals surface area contributed by atoms with Crippen LogP contribution in [0.25, 0.3) is 10.2 Å². The molecule has 2 heterocycles. The maximum Gasteiger partial charge on any atom is 0.262 e. The number of aromatic nitrogens is 2. The molecule has 0 fully saturated rings. The van der Waals surface area contributed by atoms with Crippen molar-refractivity contribution in [3.05, 3.63) is 57.5 Å². The van der Waals surface area contributed by atoms with Gasteiger partial charge < -0.3 is 10.2 Å². The van der Waals surface area contributed by atoms with Gasteiger partial charge in [-0.2, -0.15) is 0 Å². The summed E-state index contributed by atoms with van der Waals surface area (Å²) in [5.41, 5.74) is 1.44. The quantitative estimate of drug-likeness (QED) is 0.599. The van der Waals surface area contributed by atoms with Crippen LogP contribution in [0.2, 0.25) is 0 Å². The number of carbonyl (C=O) groups excluding carboxylic acids is 2. The number of hydrogen-bond acceptors (Lipinski definition) is 5. The number of carbonyl (C=O) groups is 2. The van der Waals surface area contributed by atoms with Crippen LogP contribution in [0, 0.1) is 6.92 Å². The van der Waals surface area contributed by atoms with Gasteiger partial charge in [0.15, 0.2) is 0 Å². The van der Waals surface area contributed by atoms with Crippen LogP contribution < -0.4 is 10.9 Å². The minimum Gasteiger partial charge on any atom is -0.332 e. The first kappa shape index (κ1) is 21.7. The number of hydrogen-bond donors (Lipinski definition) is 1. The highest BCUT2D eigenvalue weighted by Crippen LogP contribution is 2.21. The number of aryl methyl sites for hydroxylation is 2. The molecular weight excluding hydrogens is 400 g/mol. The fourth-order valence-corrected chi connectivity index (χ4v) is 4.11. The minimum atomic E-state index is -0.286. The van der Waals surface area contributed by atoms with Gasteiger partial charge in [-0.05, 0) is 37.5 Å². The summed E-state index contributed by atoms with van der Waals surface area (Å²) in [6, 6.07) is 9.33. The highest BCUT2D eigenvalue weighted by Gasteiger charge is 2.19. The third-order valence-electron chi connectivity index (χ3n) is 4.82. The Kier molecular flexibility index (Phi) is 6.99. The van der Waals surface area contributed by atoms with E-state index in [2.05, 4.69) is 10.3 Å². The lowest BCUT2D eigenvalue weighted by Crippen LogP contribution is -2.41. The van der Waals surface area contributed by atoms with E-state index < -0.39 is 0 Å². The lowest BCUT2D eigenvalue weighted by Gasteiger charge is -2.22. The maximum atomic E-state index is 12.9. The summed E-state index contributed by atoms with van der Waals surface area (Å²) >= 11 is 1.49. The molecular formula is C22H26N4O3S. The number of benzene rings is 1. The normalized spacial score (nSPS) is 10.9. The van der Waals surface area contributed by atoms with Gasteiger partial charge in [0, 0.05) is 17.1 Å². The Labute approximate surface area is 179 Å². The zero-order valence-corrected chi connectivity index (χ0v) is 18.3. The van der Waals surface area contributed by atoms with Crippen molar-refractivity contribution in [3.8, 4) is 0 Å². The summed E-state index contributed by atoms with van der Waals surface area (Å²) in [6.45, 7) is 6.10. The standard InChI is InChI=1S/C22H26N4O3S/c1-4-10-25(12-19(27)24-18-9-7-6-8-15(18)3)20(28)13-26-14-23-21-17(22(26)29)11-16(5-2)30-21/h6-9,11,14H,4-5,10,12-13H2,1-3H3,(H,24,27). The maximum absolute atomic E-state index is 12.9. The first-order chi connectivity index (χ1) is 14.4. The largest absolute Gasteiger partial charge is 0.332 e. The van der Waals surface area contributed by atoms with Crippen LogP contribution in [0.3, 0.4) is 0 Å². The molecule has 2 aromatic heterocycles. The van der Waals surface area contributed by atoms with Crippen LogP contribution in [0.5, 0.6) is 0 Å². The summed E-state index contributed by atoms with van der Waals surface area (Å²) in [5, 5.41) is 3.38. The van der Waals surface area contributed by atoms with Gasteiger partial charge in [0.2, 0.25) is 11.8 Å². The molecule has 0 bridgehead atoms. The van der Waals surface area contributed by atoms with Crippen molar-refractivity contribution in [3.63, 3.8) is 0 Å².